The zero-order valence-electron chi connectivity index (χ0n) is 16.8. The topological polar surface area (TPSA) is 76.4 Å². The minimum Gasteiger partial charge on any atom is -0.264 e. The number of rotatable bonds is 4. The monoisotopic (exact) mass is 440 g/mol. The van der Waals surface area contributed by atoms with Gasteiger partial charge in [0.25, 0.3) is 10.0 Å². The summed E-state index contributed by atoms with van der Waals surface area (Å²) in [7, 11) is -3.80. The van der Waals surface area contributed by atoms with Crippen molar-refractivity contribution in [2.45, 2.75) is 31.1 Å². The quantitative estimate of drug-likeness (QED) is 0.476. The van der Waals surface area contributed by atoms with Crippen molar-refractivity contribution in [2.75, 3.05) is 4.72 Å². The third kappa shape index (κ3) is 3.78. The van der Waals surface area contributed by atoms with Crippen LogP contribution in [-0.4, -0.2) is 23.0 Å². The summed E-state index contributed by atoms with van der Waals surface area (Å²) < 4.78 is 30.1. The highest BCUT2D eigenvalue weighted by atomic mass is 35.5. The van der Waals surface area contributed by atoms with Crippen molar-refractivity contribution < 1.29 is 8.42 Å². The first-order chi connectivity index (χ1) is 14.2. The molecule has 0 fully saturated rings. The van der Waals surface area contributed by atoms with Gasteiger partial charge in [0, 0.05) is 23.5 Å². The number of sulfonamides is 1. The molecular weight excluding hydrogens is 420 g/mol. The molecule has 0 aliphatic rings. The molecule has 0 aliphatic heterocycles. The largest absolute Gasteiger partial charge is 0.264 e. The van der Waals surface area contributed by atoms with Gasteiger partial charge in [-0.3, -0.25) is 9.71 Å². The predicted octanol–water partition coefficient (Wildman–Crippen LogP) is 5.15. The molecule has 0 spiro atoms. The lowest BCUT2D eigenvalue weighted by molar-refractivity contribution is 0.587. The van der Waals surface area contributed by atoms with Gasteiger partial charge in [-0.25, -0.2) is 12.9 Å². The van der Waals surface area contributed by atoms with Crippen molar-refractivity contribution in [3.8, 4) is 11.1 Å². The van der Waals surface area contributed by atoms with Gasteiger partial charge in [-0.05, 0) is 41.3 Å². The third-order valence-corrected chi connectivity index (χ3v) is 6.53. The van der Waals surface area contributed by atoms with Crippen LogP contribution in [0.3, 0.4) is 0 Å². The Kier molecular flexibility index (Phi) is 5.03. The Morgan fingerprint density at radius 1 is 1.00 bits per heavy atom. The van der Waals surface area contributed by atoms with Crippen LogP contribution < -0.4 is 4.72 Å². The standard InChI is InChI=1S/C22H21ClN4O2S/c1-22(2,3)16-6-8-17(9-7-16)30(28,29)26-20-11-10-19(23)21-18(14-25-27(20)21)15-5-4-12-24-13-15/h4-14,26H,1-3H3. The van der Waals surface area contributed by atoms with Gasteiger partial charge in [0.05, 0.1) is 21.6 Å². The summed E-state index contributed by atoms with van der Waals surface area (Å²) in [6.45, 7) is 6.24. The Balaban J connectivity index is 1.74. The number of anilines is 1. The molecule has 1 N–H and O–H groups in total. The van der Waals surface area contributed by atoms with Gasteiger partial charge in [0.15, 0.2) is 0 Å². The summed E-state index contributed by atoms with van der Waals surface area (Å²) in [6, 6.07) is 13.9. The van der Waals surface area contributed by atoms with Crippen LogP contribution in [0.4, 0.5) is 5.82 Å². The summed E-state index contributed by atoms with van der Waals surface area (Å²) in [5.41, 5.74) is 3.21. The molecule has 0 saturated heterocycles. The number of fused-ring (bicyclic) bond motifs is 1. The van der Waals surface area contributed by atoms with Crippen LogP contribution in [0.15, 0.2) is 72.0 Å². The fourth-order valence-electron chi connectivity index (χ4n) is 3.20. The number of halogens is 1. The number of nitrogens with zero attached hydrogens (tertiary/aromatic N) is 3. The number of hydrogen-bond acceptors (Lipinski definition) is 4. The fraction of sp³-hybridized carbons (Fsp3) is 0.182. The maximum atomic E-state index is 13.0. The lowest BCUT2D eigenvalue weighted by Gasteiger charge is -2.19. The van der Waals surface area contributed by atoms with Crippen molar-refractivity contribution in [3.05, 3.63) is 77.7 Å². The Morgan fingerprint density at radius 3 is 2.37 bits per heavy atom. The van der Waals surface area contributed by atoms with E-state index in [1.165, 1.54) is 4.52 Å². The van der Waals surface area contributed by atoms with E-state index in [1.54, 1.807) is 42.9 Å². The minimum absolute atomic E-state index is 0.0597. The van der Waals surface area contributed by atoms with E-state index in [2.05, 4.69) is 35.6 Å². The fourth-order valence-corrected chi connectivity index (χ4v) is 4.49. The van der Waals surface area contributed by atoms with Gasteiger partial charge in [0.1, 0.15) is 5.82 Å². The second kappa shape index (κ2) is 7.41. The maximum absolute atomic E-state index is 13.0. The highest BCUT2D eigenvalue weighted by molar-refractivity contribution is 7.92. The van der Waals surface area contributed by atoms with Crippen LogP contribution in [0.5, 0.6) is 0 Å². The first-order valence-corrected chi connectivity index (χ1v) is 11.2. The molecular formula is C22H21ClN4O2S. The SMILES string of the molecule is CC(C)(C)c1ccc(S(=O)(=O)Nc2ccc(Cl)c3c(-c4cccnc4)cnn23)cc1. The van der Waals surface area contributed by atoms with Crippen molar-refractivity contribution in [1.82, 2.24) is 14.6 Å². The van der Waals surface area contributed by atoms with Gasteiger partial charge in [-0.15, -0.1) is 0 Å². The van der Waals surface area contributed by atoms with Gasteiger partial charge >= 0.3 is 0 Å². The third-order valence-electron chi connectivity index (χ3n) is 4.85. The van der Waals surface area contributed by atoms with Gasteiger partial charge in [0.2, 0.25) is 0 Å². The molecule has 0 unspecified atom stereocenters. The average Bonchev–Trinajstić information content (AvgIpc) is 3.17. The van der Waals surface area contributed by atoms with E-state index < -0.39 is 10.0 Å². The molecule has 0 bridgehead atoms. The van der Waals surface area contributed by atoms with Crippen LogP contribution in [-0.2, 0) is 15.4 Å². The molecule has 154 valence electrons. The molecule has 0 radical (unpaired) electrons. The van der Waals surface area contributed by atoms with Crippen molar-refractivity contribution >= 4 is 33.0 Å². The molecule has 4 rings (SSSR count). The summed E-state index contributed by atoms with van der Waals surface area (Å²) in [5.74, 6) is 0.296. The zero-order valence-corrected chi connectivity index (χ0v) is 18.4. The lowest BCUT2D eigenvalue weighted by atomic mass is 9.87. The summed E-state index contributed by atoms with van der Waals surface area (Å²) in [5, 5.41) is 4.82. The van der Waals surface area contributed by atoms with E-state index in [-0.39, 0.29) is 10.3 Å². The van der Waals surface area contributed by atoms with Crippen LogP contribution >= 0.6 is 11.6 Å². The van der Waals surface area contributed by atoms with Crippen LogP contribution in [0.1, 0.15) is 26.3 Å². The second-order valence-electron chi connectivity index (χ2n) is 8.01. The van der Waals surface area contributed by atoms with E-state index in [0.29, 0.717) is 16.4 Å². The molecule has 1 aromatic carbocycles. The Morgan fingerprint density at radius 2 is 1.73 bits per heavy atom. The smallest absolute Gasteiger partial charge is 0.263 e. The normalized spacial score (nSPS) is 12.3. The summed E-state index contributed by atoms with van der Waals surface area (Å²) >= 11 is 6.42. The molecule has 0 amide bonds. The Labute approximate surface area is 180 Å². The lowest BCUT2D eigenvalue weighted by Crippen LogP contribution is -2.16. The average molecular weight is 441 g/mol. The number of pyridine rings is 2. The molecule has 8 heteroatoms. The molecule has 6 nitrogen and oxygen atoms in total. The molecule has 0 saturated carbocycles. The van der Waals surface area contributed by atoms with Crippen molar-refractivity contribution in [2.24, 2.45) is 0 Å². The van der Waals surface area contributed by atoms with E-state index >= 15 is 0 Å². The molecule has 4 aromatic rings. The first kappa shape index (κ1) is 20.4. The number of benzene rings is 1. The zero-order chi connectivity index (χ0) is 21.5. The molecule has 3 aromatic heterocycles. The number of hydrogen-bond donors (Lipinski definition) is 1. The minimum atomic E-state index is -3.80. The number of nitrogens with one attached hydrogen (secondary N) is 1. The second-order valence-corrected chi connectivity index (χ2v) is 10.1. The van der Waals surface area contributed by atoms with Crippen LogP contribution in [0.2, 0.25) is 5.02 Å². The molecule has 30 heavy (non-hydrogen) atoms. The van der Waals surface area contributed by atoms with E-state index in [0.717, 1.165) is 16.7 Å². The maximum Gasteiger partial charge on any atom is 0.263 e. The van der Waals surface area contributed by atoms with E-state index in [4.69, 9.17) is 11.6 Å². The highest BCUT2D eigenvalue weighted by Gasteiger charge is 2.20. The van der Waals surface area contributed by atoms with Crippen molar-refractivity contribution in [3.63, 3.8) is 0 Å². The first-order valence-electron chi connectivity index (χ1n) is 9.37. The van der Waals surface area contributed by atoms with Gasteiger partial charge < -0.3 is 0 Å². The Hall–Kier alpha value is -2.90. The molecule has 0 atom stereocenters. The van der Waals surface area contributed by atoms with Crippen molar-refractivity contribution in [1.29, 1.82) is 0 Å². The van der Waals surface area contributed by atoms with E-state index in [9.17, 15) is 8.42 Å². The summed E-state index contributed by atoms with van der Waals surface area (Å²) in [4.78, 5) is 4.31. The number of aromatic nitrogens is 3. The predicted molar refractivity (Wildman–Crippen MR) is 119 cm³/mol. The molecule has 3 heterocycles. The highest BCUT2D eigenvalue weighted by Crippen LogP contribution is 2.32. The van der Waals surface area contributed by atoms with Gasteiger partial charge in [-0.1, -0.05) is 50.6 Å². The van der Waals surface area contributed by atoms with Crippen LogP contribution in [0, 0.1) is 0 Å². The van der Waals surface area contributed by atoms with Gasteiger partial charge in [-0.2, -0.15) is 5.10 Å². The van der Waals surface area contributed by atoms with Crippen LogP contribution in [0.25, 0.3) is 16.6 Å². The van der Waals surface area contributed by atoms with E-state index in [1.807, 2.05) is 24.3 Å². The Bertz CT molecular complexity index is 1310. The summed E-state index contributed by atoms with van der Waals surface area (Å²) in [6.07, 6.45) is 5.04. The molecule has 0 aliphatic carbocycles.